The van der Waals surface area contributed by atoms with Crippen molar-refractivity contribution in [2.24, 2.45) is 11.8 Å². The van der Waals surface area contributed by atoms with Crippen molar-refractivity contribution in [1.82, 2.24) is 15.1 Å². The molecule has 2 aromatic carbocycles. The molecule has 4 nitrogen and oxygen atoms in total. The van der Waals surface area contributed by atoms with Crippen molar-refractivity contribution >= 4 is 5.91 Å². The van der Waals surface area contributed by atoms with E-state index in [4.69, 9.17) is 0 Å². The Hall–Kier alpha value is -2.17. The zero-order chi connectivity index (χ0) is 19.6. The Labute approximate surface area is 173 Å². The lowest BCUT2D eigenvalue weighted by molar-refractivity contribution is -0.0130. The Morgan fingerprint density at radius 3 is 2.59 bits per heavy atom. The fourth-order valence-corrected chi connectivity index (χ4v) is 5.61. The van der Waals surface area contributed by atoms with E-state index in [-0.39, 0.29) is 5.91 Å². The molecule has 0 aromatic heterocycles. The van der Waals surface area contributed by atoms with Crippen molar-refractivity contribution in [3.8, 4) is 0 Å². The van der Waals surface area contributed by atoms with Crippen LogP contribution in [0.4, 0.5) is 0 Å². The Balaban J connectivity index is 1.14. The molecule has 4 unspecified atom stereocenters. The van der Waals surface area contributed by atoms with E-state index < -0.39 is 0 Å². The second-order valence-electron chi connectivity index (χ2n) is 9.02. The minimum Gasteiger partial charge on any atom is -0.350 e. The number of rotatable bonds is 5. The van der Waals surface area contributed by atoms with E-state index in [9.17, 15) is 4.79 Å². The number of piperidine rings is 3. The van der Waals surface area contributed by atoms with Gasteiger partial charge in [0.15, 0.2) is 0 Å². The summed E-state index contributed by atoms with van der Waals surface area (Å²) in [4.78, 5) is 17.7. The topological polar surface area (TPSA) is 35.6 Å². The molecule has 4 aliphatic heterocycles. The third-order valence-corrected chi connectivity index (χ3v) is 7.25. The normalized spacial score (nSPS) is 28.7. The number of nitrogens with one attached hydrogen (secondary N) is 1. The van der Waals surface area contributed by atoms with Crippen molar-refractivity contribution < 1.29 is 4.79 Å². The van der Waals surface area contributed by atoms with Crippen LogP contribution in [-0.2, 0) is 13.0 Å². The molecule has 1 amide bonds. The number of carbonyl (C=O) groups excluding carboxylic acids is 1. The molecule has 3 fully saturated rings. The molecule has 6 rings (SSSR count). The van der Waals surface area contributed by atoms with Gasteiger partial charge in [-0.05, 0) is 60.9 Å². The van der Waals surface area contributed by atoms with Crippen LogP contribution in [0.5, 0.6) is 0 Å². The monoisotopic (exact) mass is 389 g/mol. The second kappa shape index (κ2) is 8.29. The molecule has 4 aliphatic rings. The number of carbonyl (C=O) groups is 1. The van der Waals surface area contributed by atoms with Gasteiger partial charge in [-0.15, -0.1) is 0 Å². The van der Waals surface area contributed by atoms with E-state index in [1.807, 2.05) is 30.3 Å². The van der Waals surface area contributed by atoms with Gasteiger partial charge in [0.05, 0.1) is 0 Å². The van der Waals surface area contributed by atoms with E-state index in [2.05, 4.69) is 39.4 Å². The first kappa shape index (κ1) is 18.8. The predicted octanol–water partition coefficient (Wildman–Crippen LogP) is 3.19. The molecular formula is C25H31N3O. The highest BCUT2D eigenvalue weighted by molar-refractivity contribution is 5.94. The summed E-state index contributed by atoms with van der Waals surface area (Å²) in [6.45, 7) is 6.67. The fraction of sp³-hybridized carbons (Fsp3) is 0.480. The van der Waals surface area contributed by atoms with Crippen molar-refractivity contribution in [2.75, 3.05) is 32.7 Å². The number of nitrogens with zero attached hydrogens (tertiary/aromatic N) is 2. The average molecular weight is 390 g/mol. The fourth-order valence-electron chi connectivity index (χ4n) is 5.61. The lowest BCUT2D eigenvalue weighted by atomic mass is 9.75. The molecule has 0 spiro atoms. The highest BCUT2D eigenvalue weighted by atomic mass is 16.1. The Kier molecular flexibility index (Phi) is 5.38. The summed E-state index contributed by atoms with van der Waals surface area (Å²) >= 11 is 0. The third kappa shape index (κ3) is 4.10. The van der Waals surface area contributed by atoms with Gasteiger partial charge in [-0.1, -0.05) is 42.5 Å². The number of amides is 1. The highest BCUT2D eigenvalue weighted by Gasteiger charge is 2.40. The summed E-state index contributed by atoms with van der Waals surface area (Å²) in [5.74, 6) is 1.63. The van der Waals surface area contributed by atoms with Crippen LogP contribution in [0.25, 0.3) is 0 Å². The van der Waals surface area contributed by atoms with Crippen molar-refractivity contribution in [2.45, 2.75) is 31.8 Å². The highest BCUT2D eigenvalue weighted by Crippen LogP contribution is 2.37. The maximum atomic E-state index is 12.4. The van der Waals surface area contributed by atoms with Crippen LogP contribution in [0.1, 0.15) is 34.3 Å². The lowest BCUT2D eigenvalue weighted by Crippen LogP contribution is -2.58. The number of hydrogen-bond donors (Lipinski definition) is 1. The van der Waals surface area contributed by atoms with Gasteiger partial charge in [-0.25, -0.2) is 0 Å². The zero-order valence-corrected chi connectivity index (χ0v) is 17.1. The van der Waals surface area contributed by atoms with Crippen molar-refractivity contribution in [1.29, 1.82) is 0 Å². The molecule has 0 aliphatic carbocycles. The molecule has 4 heterocycles. The van der Waals surface area contributed by atoms with Crippen LogP contribution in [0.2, 0.25) is 0 Å². The van der Waals surface area contributed by atoms with E-state index in [0.717, 1.165) is 30.5 Å². The summed E-state index contributed by atoms with van der Waals surface area (Å²) < 4.78 is 0. The van der Waals surface area contributed by atoms with Gasteiger partial charge in [0.1, 0.15) is 0 Å². The molecule has 1 N–H and O–H groups in total. The summed E-state index contributed by atoms with van der Waals surface area (Å²) in [7, 11) is 0. The first-order valence-electron chi connectivity index (χ1n) is 11.1. The molecule has 4 atom stereocenters. The van der Waals surface area contributed by atoms with Crippen LogP contribution >= 0.6 is 0 Å². The third-order valence-electron chi connectivity index (χ3n) is 7.25. The van der Waals surface area contributed by atoms with E-state index in [1.54, 1.807) is 0 Å². The van der Waals surface area contributed by atoms with Gasteiger partial charge in [-0.2, -0.15) is 0 Å². The summed E-state index contributed by atoms with van der Waals surface area (Å²) in [5, 5.41) is 3.17. The zero-order valence-electron chi connectivity index (χ0n) is 17.1. The van der Waals surface area contributed by atoms with Gasteiger partial charge < -0.3 is 5.32 Å². The van der Waals surface area contributed by atoms with Gasteiger partial charge in [0, 0.05) is 44.3 Å². The maximum absolute atomic E-state index is 12.4. The summed E-state index contributed by atoms with van der Waals surface area (Å²) in [5.41, 5.74) is 3.81. The SMILES string of the molecule is O=C(NCC1CC2CCN1CC2CN1CCc2ccccc2C1)c1ccccc1. The molecular weight excluding hydrogens is 358 g/mol. The van der Waals surface area contributed by atoms with Crippen LogP contribution < -0.4 is 5.32 Å². The molecule has 2 aromatic rings. The number of fused-ring (bicyclic) bond motifs is 4. The maximum Gasteiger partial charge on any atom is 0.251 e. The lowest BCUT2D eigenvalue weighted by Gasteiger charge is -2.51. The van der Waals surface area contributed by atoms with Crippen LogP contribution in [0, 0.1) is 11.8 Å². The summed E-state index contributed by atoms with van der Waals surface area (Å²) in [6.07, 6.45) is 3.73. The van der Waals surface area contributed by atoms with Gasteiger partial charge in [0.25, 0.3) is 5.91 Å². The van der Waals surface area contributed by atoms with E-state index >= 15 is 0 Å². The van der Waals surface area contributed by atoms with Gasteiger partial charge >= 0.3 is 0 Å². The number of benzene rings is 2. The van der Waals surface area contributed by atoms with Crippen molar-refractivity contribution in [3.63, 3.8) is 0 Å². The van der Waals surface area contributed by atoms with Crippen molar-refractivity contribution in [3.05, 3.63) is 71.3 Å². The molecule has 3 saturated heterocycles. The standard InChI is InChI=1S/C25H31N3O/c29-25(20-7-2-1-3-8-20)26-15-24-14-21-11-13-28(24)18-23(21)17-27-12-10-19-6-4-5-9-22(19)16-27/h1-9,21,23-24H,10-18H2,(H,26,29). The Morgan fingerprint density at radius 2 is 1.79 bits per heavy atom. The first-order valence-corrected chi connectivity index (χ1v) is 11.1. The van der Waals surface area contributed by atoms with Crippen LogP contribution in [0.3, 0.4) is 0 Å². The molecule has 29 heavy (non-hydrogen) atoms. The quantitative estimate of drug-likeness (QED) is 0.853. The van der Waals surface area contributed by atoms with Gasteiger partial charge in [-0.3, -0.25) is 14.6 Å². The second-order valence-corrected chi connectivity index (χ2v) is 9.02. The Morgan fingerprint density at radius 1 is 1.00 bits per heavy atom. The van der Waals surface area contributed by atoms with Crippen LogP contribution in [-0.4, -0.2) is 54.5 Å². The van der Waals surface area contributed by atoms with Crippen LogP contribution in [0.15, 0.2) is 54.6 Å². The minimum atomic E-state index is 0.0526. The molecule has 152 valence electrons. The van der Waals surface area contributed by atoms with Gasteiger partial charge in [0.2, 0.25) is 0 Å². The Bertz CT molecular complexity index is 852. The average Bonchev–Trinajstić information content (AvgIpc) is 2.78. The molecule has 0 radical (unpaired) electrons. The largest absolute Gasteiger partial charge is 0.350 e. The predicted molar refractivity (Wildman–Crippen MR) is 116 cm³/mol. The molecule has 2 bridgehead atoms. The van der Waals surface area contributed by atoms with E-state index in [1.165, 1.54) is 56.6 Å². The smallest absolute Gasteiger partial charge is 0.251 e. The molecule has 4 heteroatoms. The number of hydrogen-bond acceptors (Lipinski definition) is 3. The molecule has 0 saturated carbocycles. The van der Waals surface area contributed by atoms with E-state index in [0.29, 0.717) is 6.04 Å². The first-order chi connectivity index (χ1) is 14.3. The summed E-state index contributed by atoms with van der Waals surface area (Å²) in [6, 6.07) is 19.0. The minimum absolute atomic E-state index is 0.0526.